The molecule has 2 rings (SSSR count). The number of hydrogen-bond acceptors (Lipinski definition) is 2. The Morgan fingerprint density at radius 3 is 2.27 bits per heavy atom. The lowest BCUT2D eigenvalue weighted by molar-refractivity contribution is -0.137. The van der Waals surface area contributed by atoms with E-state index in [0.717, 1.165) is 17.7 Å². The van der Waals surface area contributed by atoms with Crippen molar-refractivity contribution in [3.8, 4) is 6.07 Å². The van der Waals surface area contributed by atoms with Gasteiger partial charge in [-0.1, -0.05) is 50.2 Å². The summed E-state index contributed by atoms with van der Waals surface area (Å²) in [5.74, 6) is -0.553. The van der Waals surface area contributed by atoms with E-state index in [0.29, 0.717) is 11.5 Å². The molecule has 0 radical (unpaired) electrons. The largest absolute Gasteiger partial charge is 0.418 e. The van der Waals surface area contributed by atoms with Crippen molar-refractivity contribution >= 4 is 17.7 Å². The van der Waals surface area contributed by atoms with Crippen LogP contribution in [-0.4, -0.2) is 5.91 Å². The van der Waals surface area contributed by atoms with Crippen LogP contribution in [0.4, 0.5) is 18.9 Å². The molecular formula is C20H17F3N2O. The first-order chi connectivity index (χ1) is 12.2. The normalized spacial score (nSPS) is 12.0. The summed E-state index contributed by atoms with van der Waals surface area (Å²) in [6, 6.07) is 13.6. The van der Waals surface area contributed by atoms with Gasteiger partial charge < -0.3 is 5.32 Å². The standard InChI is InChI=1S/C20H17F3N2O/c1-13(2)15-9-7-14(8-10-15)11-16(12-24)19(26)25-18-6-4-3-5-17(18)20(21,22)23/h3-11,13H,1-2H3,(H,25,26). The maximum atomic E-state index is 13.0. The van der Waals surface area contributed by atoms with Gasteiger partial charge in [-0.05, 0) is 35.3 Å². The molecule has 0 aliphatic heterocycles. The molecule has 2 aromatic carbocycles. The fourth-order valence-corrected chi connectivity index (χ4v) is 2.32. The summed E-state index contributed by atoms with van der Waals surface area (Å²) >= 11 is 0. The Balaban J connectivity index is 2.26. The monoisotopic (exact) mass is 358 g/mol. The number of alkyl halides is 3. The molecule has 0 aliphatic carbocycles. The van der Waals surface area contributed by atoms with Crippen LogP contribution < -0.4 is 5.32 Å². The molecule has 0 fully saturated rings. The predicted octanol–water partition coefficient (Wildman–Crippen LogP) is 5.37. The molecule has 134 valence electrons. The van der Waals surface area contributed by atoms with Crippen molar-refractivity contribution in [3.05, 3.63) is 70.8 Å². The van der Waals surface area contributed by atoms with Crippen molar-refractivity contribution < 1.29 is 18.0 Å². The SMILES string of the molecule is CC(C)c1ccc(C=C(C#N)C(=O)Nc2ccccc2C(F)(F)F)cc1. The van der Waals surface area contributed by atoms with Crippen molar-refractivity contribution in [1.29, 1.82) is 5.26 Å². The highest BCUT2D eigenvalue weighted by Crippen LogP contribution is 2.34. The molecule has 0 unspecified atom stereocenters. The molecule has 1 amide bonds. The second-order valence-corrected chi connectivity index (χ2v) is 5.99. The fraction of sp³-hybridized carbons (Fsp3) is 0.200. The van der Waals surface area contributed by atoms with E-state index >= 15 is 0 Å². The minimum absolute atomic E-state index is 0.278. The van der Waals surface area contributed by atoms with Gasteiger partial charge in [0, 0.05) is 0 Å². The second kappa shape index (κ2) is 7.87. The number of benzene rings is 2. The van der Waals surface area contributed by atoms with E-state index in [1.165, 1.54) is 18.2 Å². The lowest BCUT2D eigenvalue weighted by Crippen LogP contribution is -2.17. The zero-order chi connectivity index (χ0) is 19.3. The van der Waals surface area contributed by atoms with Crippen LogP contribution in [-0.2, 0) is 11.0 Å². The van der Waals surface area contributed by atoms with Gasteiger partial charge in [-0.3, -0.25) is 4.79 Å². The van der Waals surface area contributed by atoms with E-state index in [1.54, 1.807) is 18.2 Å². The molecule has 1 N–H and O–H groups in total. The van der Waals surface area contributed by atoms with E-state index in [2.05, 4.69) is 5.32 Å². The van der Waals surface area contributed by atoms with E-state index in [-0.39, 0.29) is 11.3 Å². The van der Waals surface area contributed by atoms with E-state index in [9.17, 15) is 23.2 Å². The topological polar surface area (TPSA) is 52.9 Å². The Labute approximate surface area is 149 Å². The van der Waals surface area contributed by atoms with Crippen LogP contribution >= 0.6 is 0 Å². The minimum Gasteiger partial charge on any atom is -0.321 e. The Morgan fingerprint density at radius 2 is 1.73 bits per heavy atom. The van der Waals surface area contributed by atoms with Crippen LogP contribution in [0.5, 0.6) is 0 Å². The lowest BCUT2D eigenvalue weighted by atomic mass is 10.0. The van der Waals surface area contributed by atoms with Crippen molar-refractivity contribution in [2.45, 2.75) is 25.9 Å². The maximum absolute atomic E-state index is 13.0. The van der Waals surface area contributed by atoms with Crippen LogP contribution in [0.3, 0.4) is 0 Å². The number of carbonyl (C=O) groups excluding carboxylic acids is 1. The van der Waals surface area contributed by atoms with Crippen LogP contribution in [0, 0.1) is 11.3 Å². The Kier molecular flexibility index (Phi) is 5.83. The molecular weight excluding hydrogens is 341 g/mol. The van der Waals surface area contributed by atoms with E-state index in [1.807, 2.05) is 26.0 Å². The van der Waals surface area contributed by atoms with Gasteiger partial charge in [-0.15, -0.1) is 0 Å². The first-order valence-electron chi connectivity index (χ1n) is 7.91. The lowest BCUT2D eigenvalue weighted by Gasteiger charge is -2.13. The molecule has 0 atom stereocenters. The third kappa shape index (κ3) is 4.73. The van der Waals surface area contributed by atoms with Gasteiger partial charge in [0.05, 0.1) is 11.3 Å². The summed E-state index contributed by atoms with van der Waals surface area (Å²) in [6.45, 7) is 4.08. The zero-order valence-electron chi connectivity index (χ0n) is 14.3. The second-order valence-electron chi connectivity index (χ2n) is 5.99. The third-order valence-corrected chi connectivity index (χ3v) is 3.76. The predicted molar refractivity (Wildman–Crippen MR) is 94.2 cm³/mol. The quantitative estimate of drug-likeness (QED) is 0.590. The zero-order valence-corrected chi connectivity index (χ0v) is 14.3. The molecule has 0 aliphatic rings. The first kappa shape index (κ1) is 19.3. The molecule has 0 bridgehead atoms. The molecule has 2 aromatic rings. The number of nitrogens with zero attached hydrogens (tertiary/aromatic N) is 1. The summed E-state index contributed by atoms with van der Waals surface area (Å²) in [7, 11) is 0. The number of carbonyl (C=O) groups is 1. The minimum atomic E-state index is -4.60. The van der Waals surface area contributed by atoms with E-state index < -0.39 is 17.6 Å². The number of rotatable bonds is 4. The molecule has 0 saturated carbocycles. The molecule has 0 spiro atoms. The molecule has 3 nitrogen and oxygen atoms in total. The number of halogens is 3. The van der Waals surface area contributed by atoms with E-state index in [4.69, 9.17) is 0 Å². The number of nitriles is 1. The summed E-state index contributed by atoms with van der Waals surface area (Å²) < 4.78 is 39.0. The Bertz CT molecular complexity index is 860. The van der Waals surface area contributed by atoms with Crippen LogP contribution in [0.2, 0.25) is 0 Å². The first-order valence-corrected chi connectivity index (χ1v) is 7.91. The molecule has 0 aromatic heterocycles. The van der Waals surface area contributed by atoms with Crippen molar-refractivity contribution in [2.75, 3.05) is 5.32 Å². The van der Waals surface area contributed by atoms with Crippen molar-refractivity contribution in [1.82, 2.24) is 0 Å². The van der Waals surface area contributed by atoms with Gasteiger partial charge in [0.25, 0.3) is 5.91 Å². The van der Waals surface area contributed by atoms with Crippen molar-refractivity contribution in [2.24, 2.45) is 0 Å². The average molecular weight is 358 g/mol. The van der Waals surface area contributed by atoms with Gasteiger partial charge in [-0.25, -0.2) is 0 Å². The van der Waals surface area contributed by atoms with Crippen molar-refractivity contribution in [3.63, 3.8) is 0 Å². The van der Waals surface area contributed by atoms with Gasteiger partial charge in [0.1, 0.15) is 11.6 Å². The Hall–Kier alpha value is -3.07. The highest BCUT2D eigenvalue weighted by atomic mass is 19.4. The number of hydrogen-bond donors (Lipinski definition) is 1. The smallest absolute Gasteiger partial charge is 0.321 e. The maximum Gasteiger partial charge on any atom is 0.418 e. The summed E-state index contributed by atoms with van der Waals surface area (Å²) in [5.41, 5.74) is 0.0851. The fourth-order valence-electron chi connectivity index (χ4n) is 2.32. The van der Waals surface area contributed by atoms with Gasteiger partial charge in [0.2, 0.25) is 0 Å². The van der Waals surface area contributed by atoms with Crippen LogP contribution in [0.1, 0.15) is 36.5 Å². The number of amides is 1. The average Bonchev–Trinajstić information content (AvgIpc) is 2.59. The summed E-state index contributed by atoms with van der Waals surface area (Å²) in [6.07, 6.45) is -3.26. The Morgan fingerprint density at radius 1 is 1.12 bits per heavy atom. The molecule has 26 heavy (non-hydrogen) atoms. The molecule has 0 saturated heterocycles. The number of nitrogens with one attached hydrogen (secondary N) is 1. The summed E-state index contributed by atoms with van der Waals surface area (Å²) in [5, 5.41) is 11.4. The van der Waals surface area contributed by atoms with Crippen LogP contribution in [0.15, 0.2) is 54.1 Å². The van der Waals surface area contributed by atoms with Gasteiger partial charge in [-0.2, -0.15) is 18.4 Å². The molecule has 6 heteroatoms. The third-order valence-electron chi connectivity index (χ3n) is 3.76. The highest BCUT2D eigenvalue weighted by Gasteiger charge is 2.33. The number of para-hydroxylation sites is 1. The summed E-state index contributed by atoms with van der Waals surface area (Å²) in [4.78, 5) is 12.2. The van der Waals surface area contributed by atoms with Gasteiger partial charge in [0.15, 0.2) is 0 Å². The van der Waals surface area contributed by atoms with Crippen LogP contribution in [0.25, 0.3) is 6.08 Å². The van der Waals surface area contributed by atoms with Gasteiger partial charge >= 0.3 is 6.18 Å². The highest BCUT2D eigenvalue weighted by molar-refractivity contribution is 6.10. The molecule has 0 heterocycles. The number of anilines is 1.